The van der Waals surface area contributed by atoms with E-state index in [0.29, 0.717) is 23.7 Å². The van der Waals surface area contributed by atoms with Crippen molar-refractivity contribution in [1.82, 2.24) is 5.32 Å². The van der Waals surface area contributed by atoms with Gasteiger partial charge in [-0.2, -0.15) is 5.26 Å². The van der Waals surface area contributed by atoms with Gasteiger partial charge in [-0.1, -0.05) is 12.8 Å². The van der Waals surface area contributed by atoms with Crippen molar-refractivity contribution in [2.45, 2.75) is 38.3 Å². The smallest absolute Gasteiger partial charge is 0.127 e. The summed E-state index contributed by atoms with van der Waals surface area (Å²) in [5.74, 6) is -0.232. The molecule has 0 heterocycles. The fourth-order valence-corrected chi connectivity index (χ4v) is 2.16. The van der Waals surface area contributed by atoms with E-state index in [2.05, 4.69) is 5.32 Å². The van der Waals surface area contributed by atoms with E-state index in [1.807, 2.05) is 6.07 Å². The van der Waals surface area contributed by atoms with E-state index in [0.717, 1.165) is 0 Å². The van der Waals surface area contributed by atoms with Gasteiger partial charge in [-0.05, 0) is 31.0 Å². The molecule has 2 nitrogen and oxygen atoms in total. The van der Waals surface area contributed by atoms with Crippen LogP contribution in [0.4, 0.5) is 4.39 Å². The SMILES string of the molecule is N#Cc1ccc(F)c(CNC2CCCC2)c1. The third-order valence-corrected chi connectivity index (χ3v) is 3.11. The molecule has 3 heteroatoms. The molecule has 1 saturated carbocycles. The number of hydrogen-bond acceptors (Lipinski definition) is 2. The predicted octanol–water partition coefficient (Wildman–Crippen LogP) is 2.73. The Hall–Kier alpha value is -1.40. The summed E-state index contributed by atoms with van der Waals surface area (Å²) in [5, 5.41) is 12.1. The highest BCUT2D eigenvalue weighted by atomic mass is 19.1. The Kier molecular flexibility index (Phi) is 3.53. The number of nitrogens with zero attached hydrogens (tertiary/aromatic N) is 1. The monoisotopic (exact) mass is 218 g/mol. The second kappa shape index (κ2) is 5.09. The van der Waals surface area contributed by atoms with Crippen molar-refractivity contribution in [3.63, 3.8) is 0 Å². The summed E-state index contributed by atoms with van der Waals surface area (Å²) < 4.78 is 13.4. The third-order valence-electron chi connectivity index (χ3n) is 3.11. The number of nitrogens with one attached hydrogen (secondary N) is 1. The van der Waals surface area contributed by atoms with Gasteiger partial charge in [0.15, 0.2) is 0 Å². The lowest BCUT2D eigenvalue weighted by Crippen LogP contribution is -2.25. The summed E-state index contributed by atoms with van der Waals surface area (Å²) in [4.78, 5) is 0. The average molecular weight is 218 g/mol. The minimum Gasteiger partial charge on any atom is -0.310 e. The molecular weight excluding hydrogens is 203 g/mol. The van der Waals surface area contributed by atoms with E-state index >= 15 is 0 Å². The molecule has 0 radical (unpaired) electrons. The van der Waals surface area contributed by atoms with Crippen LogP contribution < -0.4 is 5.32 Å². The fourth-order valence-electron chi connectivity index (χ4n) is 2.16. The lowest BCUT2D eigenvalue weighted by Gasteiger charge is -2.12. The summed E-state index contributed by atoms with van der Waals surface area (Å²) in [7, 11) is 0. The van der Waals surface area contributed by atoms with Crippen molar-refractivity contribution >= 4 is 0 Å². The predicted molar refractivity (Wildman–Crippen MR) is 60.2 cm³/mol. The van der Waals surface area contributed by atoms with E-state index in [9.17, 15) is 4.39 Å². The first-order valence-corrected chi connectivity index (χ1v) is 5.71. The molecule has 0 aromatic heterocycles. The van der Waals surface area contributed by atoms with Gasteiger partial charge in [-0.3, -0.25) is 0 Å². The molecule has 0 saturated heterocycles. The molecule has 1 aliphatic rings. The quantitative estimate of drug-likeness (QED) is 0.846. The fraction of sp³-hybridized carbons (Fsp3) is 0.462. The van der Waals surface area contributed by atoms with Crippen LogP contribution in [0.2, 0.25) is 0 Å². The lowest BCUT2D eigenvalue weighted by atomic mass is 10.1. The summed E-state index contributed by atoms with van der Waals surface area (Å²) in [6.45, 7) is 0.520. The molecule has 0 unspecified atom stereocenters. The topological polar surface area (TPSA) is 35.8 Å². The van der Waals surface area contributed by atoms with Crippen LogP contribution in [0.25, 0.3) is 0 Å². The largest absolute Gasteiger partial charge is 0.310 e. The summed E-state index contributed by atoms with van der Waals surface area (Å²) >= 11 is 0. The van der Waals surface area contributed by atoms with Gasteiger partial charge in [0.1, 0.15) is 5.82 Å². The van der Waals surface area contributed by atoms with Crippen LogP contribution in [0.15, 0.2) is 18.2 Å². The molecule has 1 N–H and O–H groups in total. The third kappa shape index (κ3) is 2.59. The van der Waals surface area contributed by atoms with E-state index in [1.54, 1.807) is 6.07 Å². The molecule has 1 aromatic rings. The molecule has 16 heavy (non-hydrogen) atoms. The number of nitriles is 1. The Morgan fingerprint density at radius 1 is 1.38 bits per heavy atom. The highest BCUT2D eigenvalue weighted by Crippen LogP contribution is 2.18. The number of halogens is 1. The van der Waals surface area contributed by atoms with E-state index in [4.69, 9.17) is 5.26 Å². The second-order valence-corrected chi connectivity index (χ2v) is 4.28. The first-order valence-electron chi connectivity index (χ1n) is 5.71. The van der Waals surface area contributed by atoms with Gasteiger partial charge in [-0.15, -0.1) is 0 Å². The number of rotatable bonds is 3. The first-order chi connectivity index (χ1) is 7.79. The highest BCUT2D eigenvalue weighted by molar-refractivity contribution is 5.33. The molecule has 0 spiro atoms. The molecule has 0 aliphatic heterocycles. The molecule has 0 bridgehead atoms. The lowest BCUT2D eigenvalue weighted by molar-refractivity contribution is 0.509. The van der Waals surface area contributed by atoms with Gasteiger partial charge >= 0.3 is 0 Å². The van der Waals surface area contributed by atoms with Crippen LogP contribution in [0.1, 0.15) is 36.8 Å². The van der Waals surface area contributed by atoms with Gasteiger partial charge in [0.05, 0.1) is 11.6 Å². The van der Waals surface area contributed by atoms with Crippen molar-refractivity contribution < 1.29 is 4.39 Å². The van der Waals surface area contributed by atoms with Crippen molar-refractivity contribution in [2.75, 3.05) is 0 Å². The van der Waals surface area contributed by atoms with Crippen molar-refractivity contribution in [2.24, 2.45) is 0 Å². The molecule has 1 fully saturated rings. The van der Waals surface area contributed by atoms with Crippen molar-refractivity contribution in [3.8, 4) is 6.07 Å². The summed E-state index contributed by atoms with van der Waals surface area (Å²) in [5.41, 5.74) is 1.11. The molecular formula is C13H15FN2. The minimum absolute atomic E-state index is 0.232. The standard InChI is InChI=1S/C13H15FN2/c14-13-6-5-10(8-15)7-11(13)9-16-12-3-1-2-4-12/h5-7,12,16H,1-4,9H2. The van der Waals surface area contributed by atoms with Crippen molar-refractivity contribution in [3.05, 3.63) is 35.1 Å². The van der Waals surface area contributed by atoms with Crippen LogP contribution in [-0.2, 0) is 6.54 Å². The number of benzene rings is 1. The maximum Gasteiger partial charge on any atom is 0.127 e. The zero-order chi connectivity index (χ0) is 11.4. The summed E-state index contributed by atoms with van der Waals surface area (Å²) in [6.07, 6.45) is 4.88. The van der Waals surface area contributed by atoms with Crippen LogP contribution in [0.3, 0.4) is 0 Å². The van der Waals surface area contributed by atoms with E-state index in [1.165, 1.54) is 37.8 Å². The Morgan fingerprint density at radius 3 is 2.81 bits per heavy atom. The van der Waals surface area contributed by atoms with Gasteiger partial charge < -0.3 is 5.32 Å². The maximum atomic E-state index is 13.4. The minimum atomic E-state index is -0.232. The molecule has 0 amide bonds. The molecule has 84 valence electrons. The Bertz CT molecular complexity index is 403. The zero-order valence-electron chi connectivity index (χ0n) is 9.17. The number of hydrogen-bond donors (Lipinski definition) is 1. The summed E-state index contributed by atoms with van der Waals surface area (Å²) in [6, 6.07) is 7.04. The normalized spacial score (nSPS) is 16.2. The van der Waals surface area contributed by atoms with Crippen LogP contribution in [0, 0.1) is 17.1 Å². The van der Waals surface area contributed by atoms with Gasteiger partial charge in [-0.25, -0.2) is 4.39 Å². The van der Waals surface area contributed by atoms with Gasteiger partial charge in [0, 0.05) is 18.2 Å². The molecule has 1 aliphatic carbocycles. The van der Waals surface area contributed by atoms with Gasteiger partial charge in [0.25, 0.3) is 0 Å². The van der Waals surface area contributed by atoms with Crippen LogP contribution >= 0.6 is 0 Å². The van der Waals surface area contributed by atoms with Gasteiger partial charge in [0.2, 0.25) is 0 Å². The van der Waals surface area contributed by atoms with E-state index in [-0.39, 0.29) is 5.82 Å². The first kappa shape index (κ1) is 11.1. The Balaban J connectivity index is 2.00. The second-order valence-electron chi connectivity index (χ2n) is 4.28. The highest BCUT2D eigenvalue weighted by Gasteiger charge is 2.14. The zero-order valence-corrected chi connectivity index (χ0v) is 9.17. The van der Waals surface area contributed by atoms with Crippen LogP contribution in [0.5, 0.6) is 0 Å². The molecule has 0 atom stereocenters. The van der Waals surface area contributed by atoms with E-state index < -0.39 is 0 Å². The van der Waals surface area contributed by atoms with Crippen LogP contribution in [-0.4, -0.2) is 6.04 Å². The Morgan fingerprint density at radius 2 is 2.12 bits per heavy atom. The molecule has 1 aromatic carbocycles. The van der Waals surface area contributed by atoms with Crippen molar-refractivity contribution in [1.29, 1.82) is 5.26 Å². The Labute approximate surface area is 95.1 Å². The maximum absolute atomic E-state index is 13.4. The average Bonchev–Trinajstić information content (AvgIpc) is 2.81. The molecule has 2 rings (SSSR count).